The van der Waals surface area contributed by atoms with Crippen LogP contribution in [-0.4, -0.2) is 30.0 Å². The monoisotopic (exact) mass is 293 g/mol. The topological polar surface area (TPSA) is 77.0 Å². The fourth-order valence-electron chi connectivity index (χ4n) is 2.22. The Hall–Kier alpha value is -1.95. The molecule has 0 aromatic heterocycles. The van der Waals surface area contributed by atoms with Crippen molar-refractivity contribution in [2.45, 2.75) is 44.9 Å². The smallest absolute Gasteiger partial charge is 0.344 e. The fraction of sp³-hybridized carbons (Fsp3) is 0.533. The number of rotatable bonds is 7. The van der Waals surface area contributed by atoms with Gasteiger partial charge in [-0.1, -0.05) is 6.92 Å². The van der Waals surface area contributed by atoms with Crippen molar-refractivity contribution in [2.24, 2.45) is 0 Å². The van der Waals surface area contributed by atoms with Gasteiger partial charge in [-0.2, -0.15) is 0 Å². The molecular weight excluding hydrogens is 274 g/mol. The van der Waals surface area contributed by atoms with Crippen LogP contribution in [0.25, 0.3) is 0 Å². The van der Waals surface area contributed by atoms with Gasteiger partial charge in [0.15, 0.2) is 17.6 Å². The number of hydrogen-bond donors (Lipinski definition) is 2. The first-order valence-electron chi connectivity index (χ1n) is 7.22. The predicted molar refractivity (Wildman–Crippen MR) is 74.8 cm³/mol. The van der Waals surface area contributed by atoms with Crippen LogP contribution >= 0.6 is 0 Å². The number of aliphatic carboxylic acids is 1. The SMILES string of the molecule is CCC(Oc1cc2c(cc1CNC1CC1)OCO2)C(=O)O. The Morgan fingerprint density at radius 3 is 2.76 bits per heavy atom. The van der Waals surface area contributed by atoms with E-state index in [4.69, 9.17) is 19.3 Å². The number of carbonyl (C=O) groups is 1. The van der Waals surface area contributed by atoms with Gasteiger partial charge in [-0.15, -0.1) is 0 Å². The Kier molecular flexibility index (Phi) is 3.88. The molecule has 1 aromatic rings. The first-order valence-corrected chi connectivity index (χ1v) is 7.22. The van der Waals surface area contributed by atoms with Crippen LogP contribution in [0.1, 0.15) is 31.7 Å². The summed E-state index contributed by atoms with van der Waals surface area (Å²) >= 11 is 0. The first-order chi connectivity index (χ1) is 10.2. The van der Waals surface area contributed by atoms with Crippen molar-refractivity contribution in [3.8, 4) is 17.2 Å². The summed E-state index contributed by atoms with van der Waals surface area (Å²) in [5.41, 5.74) is 0.894. The second-order valence-electron chi connectivity index (χ2n) is 5.32. The van der Waals surface area contributed by atoms with Crippen LogP contribution < -0.4 is 19.5 Å². The average molecular weight is 293 g/mol. The zero-order valence-corrected chi connectivity index (χ0v) is 11.9. The van der Waals surface area contributed by atoms with Crippen LogP contribution in [0.3, 0.4) is 0 Å². The lowest BCUT2D eigenvalue weighted by atomic mass is 10.1. The van der Waals surface area contributed by atoms with Gasteiger partial charge < -0.3 is 24.6 Å². The molecule has 21 heavy (non-hydrogen) atoms. The second kappa shape index (κ2) is 5.81. The van der Waals surface area contributed by atoms with E-state index in [1.807, 2.05) is 6.07 Å². The number of benzene rings is 1. The number of hydrogen-bond acceptors (Lipinski definition) is 5. The lowest BCUT2D eigenvalue weighted by Gasteiger charge is -2.17. The van der Waals surface area contributed by atoms with Crippen LogP contribution in [-0.2, 0) is 11.3 Å². The maximum atomic E-state index is 11.2. The normalized spacial score (nSPS) is 17.6. The number of carboxylic acid groups (broad SMARTS) is 1. The average Bonchev–Trinajstić information content (AvgIpc) is 3.19. The van der Waals surface area contributed by atoms with E-state index in [9.17, 15) is 4.79 Å². The summed E-state index contributed by atoms with van der Waals surface area (Å²) in [6.07, 6.45) is 1.92. The molecule has 0 radical (unpaired) electrons. The summed E-state index contributed by atoms with van der Waals surface area (Å²) in [7, 11) is 0. The van der Waals surface area contributed by atoms with Gasteiger partial charge in [-0.25, -0.2) is 4.79 Å². The highest BCUT2D eigenvalue weighted by molar-refractivity contribution is 5.72. The first kappa shape index (κ1) is 14.0. The van der Waals surface area contributed by atoms with Crippen molar-refractivity contribution in [2.75, 3.05) is 6.79 Å². The van der Waals surface area contributed by atoms with Gasteiger partial charge in [0.25, 0.3) is 0 Å². The molecule has 1 heterocycles. The largest absolute Gasteiger partial charge is 0.479 e. The zero-order chi connectivity index (χ0) is 14.8. The van der Waals surface area contributed by atoms with Gasteiger partial charge in [0.05, 0.1) is 0 Å². The van der Waals surface area contributed by atoms with E-state index >= 15 is 0 Å². The Labute approximate surface area is 123 Å². The number of fused-ring (bicyclic) bond motifs is 1. The highest BCUT2D eigenvalue weighted by atomic mass is 16.7. The van der Waals surface area contributed by atoms with E-state index in [0.29, 0.717) is 36.3 Å². The van der Waals surface area contributed by atoms with E-state index in [2.05, 4.69) is 5.32 Å². The molecular formula is C15H19NO5. The fourth-order valence-corrected chi connectivity index (χ4v) is 2.22. The molecule has 0 bridgehead atoms. The molecule has 1 aromatic carbocycles. The summed E-state index contributed by atoms with van der Waals surface area (Å²) < 4.78 is 16.4. The van der Waals surface area contributed by atoms with Crippen LogP contribution in [0.15, 0.2) is 12.1 Å². The molecule has 0 amide bonds. The maximum absolute atomic E-state index is 11.2. The third-order valence-electron chi connectivity index (χ3n) is 3.63. The molecule has 1 fully saturated rings. The molecule has 1 aliphatic heterocycles. The Morgan fingerprint density at radius 2 is 2.14 bits per heavy atom. The number of carboxylic acids is 1. The molecule has 0 spiro atoms. The summed E-state index contributed by atoms with van der Waals surface area (Å²) in [5.74, 6) is 0.858. The predicted octanol–water partition coefficient (Wildman–Crippen LogP) is 1.91. The van der Waals surface area contributed by atoms with Crippen molar-refractivity contribution in [3.63, 3.8) is 0 Å². The number of ether oxygens (including phenoxy) is 3. The zero-order valence-electron chi connectivity index (χ0n) is 11.9. The van der Waals surface area contributed by atoms with Crippen molar-refractivity contribution in [3.05, 3.63) is 17.7 Å². The Balaban J connectivity index is 1.82. The van der Waals surface area contributed by atoms with Crippen molar-refractivity contribution in [1.29, 1.82) is 0 Å². The van der Waals surface area contributed by atoms with Crippen LogP contribution in [0, 0.1) is 0 Å². The maximum Gasteiger partial charge on any atom is 0.344 e. The summed E-state index contributed by atoms with van der Waals surface area (Å²) in [6.45, 7) is 2.60. The van der Waals surface area contributed by atoms with E-state index in [-0.39, 0.29) is 6.79 Å². The lowest BCUT2D eigenvalue weighted by Crippen LogP contribution is -2.27. The van der Waals surface area contributed by atoms with Gasteiger partial charge in [0, 0.05) is 24.2 Å². The van der Waals surface area contributed by atoms with Gasteiger partial charge >= 0.3 is 5.97 Å². The molecule has 2 N–H and O–H groups in total. The van der Waals surface area contributed by atoms with E-state index in [1.165, 1.54) is 12.8 Å². The van der Waals surface area contributed by atoms with E-state index in [0.717, 1.165) is 5.56 Å². The van der Waals surface area contributed by atoms with Gasteiger partial charge in [0.1, 0.15) is 5.75 Å². The van der Waals surface area contributed by atoms with Crippen molar-refractivity contribution >= 4 is 5.97 Å². The molecule has 2 aliphatic rings. The van der Waals surface area contributed by atoms with Crippen molar-refractivity contribution < 1.29 is 24.1 Å². The lowest BCUT2D eigenvalue weighted by molar-refractivity contribution is -0.145. The quantitative estimate of drug-likeness (QED) is 0.799. The minimum atomic E-state index is -0.962. The minimum absolute atomic E-state index is 0.185. The summed E-state index contributed by atoms with van der Waals surface area (Å²) in [5, 5.41) is 12.6. The molecule has 1 aliphatic carbocycles. The van der Waals surface area contributed by atoms with Crippen LogP contribution in [0.5, 0.6) is 17.2 Å². The Bertz CT molecular complexity index is 541. The highest BCUT2D eigenvalue weighted by Crippen LogP contribution is 2.39. The van der Waals surface area contributed by atoms with Gasteiger partial charge in [-0.3, -0.25) is 0 Å². The Morgan fingerprint density at radius 1 is 1.43 bits per heavy atom. The van der Waals surface area contributed by atoms with Crippen LogP contribution in [0.2, 0.25) is 0 Å². The van der Waals surface area contributed by atoms with E-state index < -0.39 is 12.1 Å². The molecule has 1 unspecified atom stereocenters. The molecule has 6 heteroatoms. The molecule has 6 nitrogen and oxygen atoms in total. The van der Waals surface area contributed by atoms with Crippen molar-refractivity contribution in [1.82, 2.24) is 5.32 Å². The molecule has 0 saturated heterocycles. The second-order valence-corrected chi connectivity index (χ2v) is 5.32. The minimum Gasteiger partial charge on any atom is -0.479 e. The third kappa shape index (κ3) is 3.21. The molecule has 1 atom stereocenters. The molecule has 3 rings (SSSR count). The van der Waals surface area contributed by atoms with Gasteiger partial charge in [0.2, 0.25) is 6.79 Å². The third-order valence-corrected chi connectivity index (χ3v) is 3.63. The standard InChI is InChI=1S/C15H19NO5/c1-2-11(15(17)18)21-12-6-14-13(19-8-20-14)5-9(12)7-16-10-3-4-10/h5-6,10-11,16H,2-4,7-8H2,1H3,(H,17,18). The highest BCUT2D eigenvalue weighted by Gasteiger charge is 2.25. The van der Waals surface area contributed by atoms with Gasteiger partial charge in [-0.05, 0) is 25.3 Å². The molecule has 1 saturated carbocycles. The molecule has 114 valence electrons. The van der Waals surface area contributed by atoms with Crippen LogP contribution in [0.4, 0.5) is 0 Å². The summed E-state index contributed by atoms with van der Waals surface area (Å²) in [4.78, 5) is 11.2. The number of nitrogens with one attached hydrogen (secondary N) is 1. The summed E-state index contributed by atoms with van der Waals surface area (Å²) in [6, 6.07) is 4.14. The van der Waals surface area contributed by atoms with E-state index in [1.54, 1.807) is 13.0 Å².